The minimum atomic E-state index is 0.290. The Kier molecular flexibility index (Phi) is 5.18. The Morgan fingerprint density at radius 1 is 1.38 bits per heavy atom. The molecule has 1 atom stereocenters. The Balaban J connectivity index is 2.64. The number of hydrogen-bond donors (Lipinski definition) is 3. The molecule has 0 aliphatic carbocycles. The van der Waals surface area contributed by atoms with E-state index in [-0.39, 0.29) is 5.95 Å². The standard InChI is InChI=1S/C10H19N5S/c1-4-12-8-5-9(15-10(11)14-8)13-6-7(2)16-3/h5,7H,4,6H2,1-3H3,(H4,11,12,13,14,15). The average molecular weight is 241 g/mol. The molecule has 4 N–H and O–H groups in total. The van der Waals surface area contributed by atoms with Gasteiger partial charge in [-0.25, -0.2) is 0 Å². The number of anilines is 3. The summed E-state index contributed by atoms with van der Waals surface area (Å²) in [4.78, 5) is 8.21. The van der Waals surface area contributed by atoms with E-state index in [1.807, 2.05) is 24.8 Å². The van der Waals surface area contributed by atoms with Crippen molar-refractivity contribution in [3.63, 3.8) is 0 Å². The van der Waals surface area contributed by atoms with Crippen molar-refractivity contribution in [3.8, 4) is 0 Å². The molecule has 16 heavy (non-hydrogen) atoms. The topological polar surface area (TPSA) is 75.9 Å². The molecular weight excluding hydrogens is 222 g/mol. The van der Waals surface area contributed by atoms with Crippen molar-refractivity contribution in [1.29, 1.82) is 0 Å². The molecule has 6 heteroatoms. The smallest absolute Gasteiger partial charge is 0.223 e. The van der Waals surface area contributed by atoms with E-state index < -0.39 is 0 Å². The van der Waals surface area contributed by atoms with Crippen LogP contribution in [0.5, 0.6) is 0 Å². The summed E-state index contributed by atoms with van der Waals surface area (Å²) < 4.78 is 0. The van der Waals surface area contributed by atoms with Crippen molar-refractivity contribution >= 4 is 29.3 Å². The van der Waals surface area contributed by atoms with E-state index in [0.717, 1.165) is 24.7 Å². The van der Waals surface area contributed by atoms with E-state index in [0.29, 0.717) is 5.25 Å². The number of thioether (sulfide) groups is 1. The molecule has 0 spiro atoms. The third-order valence-corrected chi connectivity index (χ3v) is 3.05. The molecule has 1 aromatic rings. The normalized spacial score (nSPS) is 12.2. The van der Waals surface area contributed by atoms with E-state index in [1.165, 1.54) is 0 Å². The predicted molar refractivity (Wildman–Crippen MR) is 72.1 cm³/mol. The van der Waals surface area contributed by atoms with Crippen LogP contribution in [0.4, 0.5) is 17.6 Å². The first kappa shape index (κ1) is 12.9. The second-order valence-corrected chi connectivity index (χ2v) is 4.73. The van der Waals surface area contributed by atoms with Gasteiger partial charge in [-0.1, -0.05) is 6.92 Å². The van der Waals surface area contributed by atoms with Crippen molar-refractivity contribution in [3.05, 3.63) is 6.07 Å². The zero-order chi connectivity index (χ0) is 12.0. The molecule has 1 aromatic heterocycles. The van der Waals surface area contributed by atoms with Gasteiger partial charge in [0.2, 0.25) is 5.95 Å². The number of nitrogens with zero attached hydrogens (tertiary/aromatic N) is 2. The summed E-state index contributed by atoms with van der Waals surface area (Å²) in [5.41, 5.74) is 5.62. The van der Waals surface area contributed by atoms with Crippen LogP contribution in [-0.4, -0.2) is 34.6 Å². The molecule has 0 radical (unpaired) electrons. The number of hydrogen-bond acceptors (Lipinski definition) is 6. The van der Waals surface area contributed by atoms with Gasteiger partial charge in [0.1, 0.15) is 11.6 Å². The highest BCUT2D eigenvalue weighted by molar-refractivity contribution is 7.99. The average Bonchev–Trinajstić information content (AvgIpc) is 2.25. The fourth-order valence-corrected chi connectivity index (χ4v) is 1.41. The zero-order valence-corrected chi connectivity index (χ0v) is 10.8. The largest absolute Gasteiger partial charge is 0.370 e. The van der Waals surface area contributed by atoms with Crippen molar-refractivity contribution in [2.75, 3.05) is 35.7 Å². The quantitative estimate of drug-likeness (QED) is 0.703. The minimum absolute atomic E-state index is 0.290. The van der Waals surface area contributed by atoms with Gasteiger partial charge < -0.3 is 16.4 Å². The molecule has 0 aliphatic heterocycles. The first-order chi connectivity index (χ1) is 7.65. The molecule has 90 valence electrons. The lowest BCUT2D eigenvalue weighted by Gasteiger charge is -2.11. The van der Waals surface area contributed by atoms with Crippen LogP contribution in [-0.2, 0) is 0 Å². The monoisotopic (exact) mass is 241 g/mol. The maximum absolute atomic E-state index is 5.62. The van der Waals surface area contributed by atoms with Crippen LogP contribution in [0.15, 0.2) is 6.07 Å². The Morgan fingerprint density at radius 2 is 2.00 bits per heavy atom. The summed E-state index contributed by atoms with van der Waals surface area (Å²) in [5.74, 6) is 1.82. The van der Waals surface area contributed by atoms with Crippen LogP contribution in [0, 0.1) is 0 Å². The van der Waals surface area contributed by atoms with Crippen molar-refractivity contribution in [1.82, 2.24) is 9.97 Å². The Morgan fingerprint density at radius 3 is 2.56 bits per heavy atom. The van der Waals surface area contributed by atoms with Gasteiger partial charge in [0, 0.05) is 24.4 Å². The highest BCUT2D eigenvalue weighted by Crippen LogP contribution is 2.13. The van der Waals surface area contributed by atoms with Crippen molar-refractivity contribution in [2.45, 2.75) is 19.1 Å². The van der Waals surface area contributed by atoms with Gasteiger partial charge in [0.15, 0.2) is 0 Å². The summed E-state index contributed by atoms with van der Waals surface area (Å²) in [6.45, 7) is 5.86. The van der Waals surface area contributed by atoms with Gasteiger partial charge in [0.25, 0.3) is 0 Å². The van der Waals surface area contributed by atoms with E-state index in [9.17, 15) is 0 Å². The molecule has 0 bridgehead atoms. The third-order valence-electron chi connectivity index (χ3n) is 2.07. The number of nitrogen functional groups attached to an aromatic ring is 1. The number of aromatic nitrogens is 2. The molecule has 1 rings (SSSR count). The van der Waals surface area contributed by atoms with E-state index in [4.69, 9.17) is 5.73 Å². The molecule has 1 heterocycles. The van der Waals surface area contributed by atoms with Crippen molar-refractivity contribution in [2.24, 2.45) is 0 Å². The fraction of sp³-hybridized carbons (Fsp3) is 0.600. The molecular formula is C10H19N5S. The Bertz CT molecular complexity index is 331. The summed E-state index contributed by atoms with van der Waals surface area (Å²) in [5, 5.41) is 6.90. The molecule has 0 amide bonds. The van der Waals surface area contributed by atoms with Crippen LogP contribution in [0.3, 0.4) is 0 Å². The van der Waals surface area contributed by atoms with Gasteiger partial charge in [-0.05, 0) is 13.2 Å². The van der Waals surface area contributed by atoms with Crippen LogP contribution < -0.4 is 16.4 Å². The summed E-state index contributed by atoms with van der Waals surface area (Å²) >= 11 is 1.81. The molecule has 0 saturated carbocycles. The maximum atomic E-state index is 5.62. The first-order valence-corrected chi connectivity index (χ1v) is 6.59. The van der Waals surface area contributed by atoms with Gasteiger partial charge in [-0.3, -0.25) is 0 Å². The highest BCUT2D eigenvalue weighted by Gasteiger charge is 2.03. The lowest BCUT2D eigenvalue weighted by molar-refractivity contribution is 0.987. The summed E-state index contributed by atoms with van der Waals surface area (Å²) in [6, 6.07) is 1.87. The molecule has 0 aliphatic rings. The second kappa shape index (κ2) is 6.42. The van der Waals surface area contributed by atoms with E-state index >= 15 is 0 Å². The highest BCUT2D eigenvalue weighted by atomic mass is 32.2. The van der Waals surface area contributed by atoms with E-state index in [1.54, 1.807) is 0 Å². The van der Waals surface area contributed by atoms with Gasteiger partial charge >= 0.3 is 0 Å². The molecule has 1 unspecified atom stereocenters. The van der Waals surface area contributed by atoms with Crippen molar-refractivity contribution < 1.29 is 0 Å². The van der Waals surface area contributed by atoms with Gasteiger partial charge in [-0.2, -0.15) is 21.7 Å². The Hall–Kier alpha value is -1.17. The number of nitrogens with one attached hydrogen (secondary N) is 2. The van der Waals surface area contributed by atoms with Gasteiger partial charge in [-0.15, -0.1) is 0 Å². The maximum Gasteiger partial charge on any atom is 0.223 e. The lowest BCUT2D eigenvalue weighted by Crippen LogP contribution is -2.14. The zero-order valence-electron chi connectivity index (χ0n) is 9.95. The minimum Gasteiger partial charge on any atom is -0.370 e. The third kappa shape index (κ3) is 4.14. The molecule has 0 fully saturated rings. The molecule has 0 aromatic carbocycles. The van der Waals surface area contributed by atoms with Crippen LogP contribution >= 0.6 is 11.8 Å². The van der Waals surface area contributed by atoms with Crippen LogP contribution in [0.25, 0.3) is 0 Å². The molecule has 5 nitrogen and oxygen atoms in total. The van der Waals surface area contributed by atoms with E-state index in [2.05, 4.69) is 33.8 Å². The number of rotatable bonds is 6. The predicted octanol–water partition coefficient (Wildman–Crippen LogP) is 1.65. The van der Waals surface area contributed by atoms with Crippen LogP contribution in [0.1, 0.15) is 13.8 Å². The second-order valence-electron chi connectivity index (χ2n) is 3.45. The first-order valence-electron chi connectivity index (χ1n) is 5.30. The summed E-state index contributed by atoms with van der Waals surface area (Å²) in [7, 11) is 0. The van der Waals surface area contributed by atoms with Gasteiger partial charge in [0.05, 0.1) is 0 Å². The fourth-order valence-electron chi connectivity index (χ4n) is 1.16. The molecule has 0 saturated heterocycles. The number of nitrogens with two attached hydrogens (primary N) is 1. The summed E-state index contributed by atoms with van der Waals surface area (Å²) in [6.07, 6.45) is 2.09. The SMILES string of the molecule is CCNc1cc(NCC(C)SC)nc(N)n1. The Labute approximate surface area is 101 Å². The van der Waals surface area contributed by atoms with Crippen LogP contribution in [0.2, 0.25) is 0 Å². The lowest BCUT2D eigenvalue weighted by atomic mass is 10.4.